The van der Waals surface area contributed by atoms with E-state index in [-0.39, 0.29) is 25.6 Å². The maximum absolute atomic E-state index is 11.7. The van der Waals surface area contributed by atoms with Gasteiger partial charge < -0.3 is 15.2 Å². The standard InChI is InChI=1S/C12H19N3O3/c1-9-5-10(2)15(14-9)6-11(16)13-7-12(17)3-4-18-8-12/h5,17H,3-4,6-8H2,1-2H3,(H,13,16). The van der Waals surface area contributed by atoms with Crippen LogP contribution in [0.1, 0.15) is 17.8 Å². The van der Waals surface area contributed by atoms with Crippen molar-refractivity contribution in [2.75, 3.05) is 19.8 Å². The van der Waals surface area contributed by atoms with E-state index in [4.69, 9.17) is 4.74 Å². The lowest BCUT2D eigenvalue weighted by Gasteiger charge is -2.20. The Hall–Kier alpha value is -1.40. The highest BCUT2D eigenvalue weighted by Gasteiger charge is 2.32. The van der Waals surface area contributed by atoms with E-state index in [0.29, 0.717) is 13.0 Å². The van der Waals surface area contributed by atoms with Crippen LogP contribution in [-0.2, 0) is 16.1 Å². The second-order valence-electron chi connectivity index (χ2n) is 4.89. The molecule has 0 aromatic carbocycles. The Morgan fingerprint density at radius 3 is 3.00 bits per heavy atom. The molecule has 1 atom stereocenters. The van der Waals surface area contributed by atoms with Crippen LogP contribution in [0.5, 0.6) is 0 Å². The molecule has 1 aliphatic rings. The van der Waals surface area contributed by atoms with E-state index in [1.54, 1.807) is 4.68 Å². The van der Waals surface area contributed by atoms with Gasteiger partial charge >= 0.3 is 0 Å². The molecule has 1 amide bonds. The zero-order chi connectivity index (χ0) is 13.2. The number of amides is 1. The first-order chi connectivity index (χ1) is 8.48. The van der Waals surface area contributed by atoms with E-state index in [1.165, 1.54) is 0 Å². The highest BCUT2D eigenvalue weighted by Crippen LogP contribution is 2.16. The number of aliphatic hydroxyl groups is 1. The summed E-state index contributed by atoms with van der Waals surface area (Å²) in [4.78, 5) is 11.7. The largest absolute Gasteiger partial charge is 0.386 e. The molecule has 18 heavy (non-hydrogen) atoms. The van der Waals surface area contributed by atoms with Crippen molar-refractivity contribution in [1.82, 2.24) is 15.1 Å². The third kappa shape index (κ3) is 3.08. The number of aryl methyl sites for hydroxylation is 2. The van der Waals surface area contributed by atoms with Crippen molar-refractivity contribution in [3.05, 3.63) is 17.5 Å². The molecule has 2 N–H and O–H groups in total. The number of carbonyl (C=O) groups excluding carboxylic acids is 1. The summed E-state index contributed by atoms with van der Waals surface area (Å²) in [6.45, 7) is 5.03. The van der Waals surface area contributed by atoms with Gasteiger partial charge in [0.1, 0.15) is 12.1 Å². The van der Waals surface area contributed by atoms with Gasteiger partial charge in [-0.25, -0.2) is 0 Å². The average Bonchev–Trinajstić information content (AvgIpc) is 2.85. The second kappa shape index (κ2) is 5.07. The molecule has 2 rings (SSSR count). The van der Waals surface area contributed by atoms with Crippen molar-refractivity contribution in [3.63, 3.8) is 0 Å². The van der Waals surface area contributed by atoms with E-state index in [2.05, 4.69) is 10.4 Å². The van der Waals surface area contributed by atoms with Crippen LogP contribution in [0.2, 0.25) is 0 Å². The van der Waals surface area contributed by atoms with Crippen molar-refractivity contribution in [1.29, 1.82) is 0 Å². The Kier molecular flexibility index (Phi) is 3.68. The van der Waals surface area contributed by atoms with Gasteiger partial charge in [-0.2, -0.15) is 5.10 Å². The number of nitrogens with zero attached hydrogens (tertiary/aromatic N) is 2. The summed E-state index contributed by atoms with van der Waals surface area (Å²) < 4.78 is 6.77. The summed E-state index contributed by atoms with van der Waals surface area (Å²) in [5.74, 6) is -0.151. The monoisotopic (exact) mass is 253 g/mol. The van der Waals surface area contributed by atoms with Crippen molar-refractivity contribution in [2.45, 2.75) is 32.4 Å². The van der Waals surface area contributed by atoms with Crippen LogP contribution in [0, 0.1) is 13.8 Å². The molecule has 1 aromatic heterocycles. The highest BCUT2D eigenvalue weighted by molar-refractivity contribution is 5.75. The number of hydrogen-bond acceptors (Lipinski definition) is 4. The predicted octanol–water partition coefficient (Wildman–Crippen LogP) is -0.232. The predicted molar refractivity (Wildman–Crippen MR) is 65.1 cm³/mol. The molecule has 1 unspecified atom stereocenters. The summed E-state index contributed by atoms with van der Waals surface area (Å²) in [6, 6.07) is 1.92. The number of hydrogen-bond donors (Lipinski definition) is 2. The fourth-order valence-corrected chi connectivity index (χ4v) is 2.03. The van der Waals surface area contributed by atoms with Crippen LogP contribution in [0.25, 0.3) is 0 Å². The fourth-order valence-electron chi connectivity index (χ4n) is 2.03. The molecule has 6 nitrogen and oxygen atoms in total. The van der Waals surface area contributed by atoms with E-state index < -0.39 is 5.60 Å². The average molecular weight is 253 g/mol. The number of nitrogens with one attached hydrogen (secondary N) is 1. The molecule has 1 aliphatic heterocycles. The van der Waals surface area contributed by atoms with Gasteiger partial charge in [0.25, 0.3) is 0 Å². The summed E-state index contributed by atoms with van der Waals surface area (Å²) in [5.41, 5.74) is 0.929. The van der Waals surface area contributed by atoms with Crippen LogP contribution in [0.3, 0.4) is 0 Å². The Bertz CT molecular complexity index is 436. The number of aromatic nitrogens is 2. The second-order valence-corrected chi connectivity index (χ2v) is 4.89. The van der Waals surface area contributed by atoms with Crippen molar-refractivity contribution in [2.24, 2.45) is 0 Å². The van der Waals surface area contributed by atoms with Gasteiger partial charge in [0, 0.05) is 25.3 Å². The summed E-state index contributed by atoms with van der Waals surface area (Å²) in [7, 11) is 0. The van der Waals surface area contributed by atoms with E-state index in [0.717, 1.165) is 11.4 Å². The molecule has 1 aromatic rings. The molecule has 100 valence electrons. The lowest BCUT2D eigenvalue weighted by molar-refractivity contribution is -0.123. The van der Waals surface area contributed by atoms with Gasteiger partial charge in [0.2, 0.25) is 5.91 Å². The third-order valence-electron chi connectivity index (χ3n) is 3.09. The minimum absolute atomic E-state index is 0.151. The molecule has 0 bridgehead atoms. The van der Waals surface area contributed by atoms with Crippen LogP contribution < -0.4 is 5.32 Å². The SMILES string of the molecule is Cc1cc(C)n(CC(=O)NCC2(O)CCOC2)n1. The van der Waals surface area contributed by atoms with Crippen LogP contribution in [0.15, 0.2) is 6.07 Å². The Morgan fingerprint density at radius 2 is 2.44 bits per heavy atom. The molecular weight excluding hydrogens is 234 g/mol. The van der Waals surface area contributed by atoms with Gasteiger partial charge in [-0.05, 0) is 19.9 Å². The first kappa shape index (κ1) is 13.0. The number of rotatable bonds is 4. The normalized spacial score (nSPS) is 23.3. The smallest absolute Gasteiger partial charge is 0.241 e. The topological polar surface area (TPSA) is 76.4 Å². The van der Waals surface area contributed by atoms with Crippen molar-refractivity contribution >= 4 is 5.91 Å². The highest BCUT2D eigenvalue weighted by atomic mass is 16.5. The fraction of sp³-hybridized carbons (Fsp3) is 0.667. The molecule has 2 heterocycles. The zero-order valence-electron chi connectivity index (χ0n) is 10.8. The lowest BCUT2D eigenvalue weighted by Crippen LogP contribution is -2.44. The van der Waals surface area contributed by atoms with Gasteiger partial charge in [0.15, 0.2) is 0 Å². The first-order valence-electron chi connectivity index (χ1n) is 6.06. The van der Waals surface area contributed by atoms with E-state index in [1.807, 2.05) is 19.9 Å². The zero-order valence-corrected chi connectivity index (χ0v) is 10.8. The Morgan fingerprint density at radius 1 is 1.67 bits per heavy atom. The quantitative estimate of drug-likeness (QED) is 0.777. The minimum Gasteiger partial charge on any atom is -0.386 e. The first-order valence-corrected chi connectivity index (χ1v) is 6.06. The lowest BCUT2D eigenvalue weighted by atomic mass is 10.0. The van der Waals surface area contributed by atoms with Gasteiger partial charge in [-0.15, -0.1) is 0 Å². The minimum atomic E-state index is -0.912. The summed E-state index contributed by atoms with van der Waals surface area (Å²) in [5, 5.41) is 16.9. The van der Waals surface area contributed by atoms with Crippen molar-refractivity contribution < 1.29 is 14.6 Å². The summed E-state index contributed by atoms with van der Waals surface area (Å²) >= 11 is 0. The molecule has 0 radical (unpaired) electrons. The van der Waals surface area contributed by atoms with Crippen LogP contribution in [0.4, 0.5) is 0 Å². The Labute approximate surface area is 106 Å². The molecule has 0 spiro atoms. The van der Waals surface area contributed by atoms with Crippen LogP contribution in [-0.4, -0.2) is 46.2 Å². The van der Waals surface area contributed by atoms with E-state index >= 15 is 0 Å². The molecule has 0 saturated carbocycles. The molecule has 0 aliphatic carbocycles. The number of ether oxygens (including phenoxy) is 1. The number of carbonyl (C=O) groups is 1. The van der Waals surface area contributed by atoms with Crippen molar-refractivity contribution in [3.8, 4) is 0 Å². The van der Waals surface area contributed by atoms with E-state index in [9.17, 15) is 9.90 Å². The van der Waals surface area contributed by atoms with Gasteiger partial charge in [-0.3, -0.25) is 9.48 Å². The molecular formula is C12H19N3O3. The molecule has 1 fully saturated rings. The van der Waals surface area contributed by atoms with Crippen LogP contribution >= 0.6 is 0 Å². The molecule has 1 saturated heterocycles. The Balaban J connectivity index is 1.84. The molecule has 6 heteroatoms. The van der Waals surface area contributed by atoms with Gasteiger partial charge in [0.05, 0.1) is 12.3 Å². The summed E-state index contributed by atoms with van der Waals surface area (Å²) in [6.07, 6.45) is 0.563. The maximum atomic E-state index is 11.7. The van der Waals surface area contributed by atoms with Gasteiger partial charge in [-0.1, -0.05) is 0 Å². The maximum Gasteiger partial charge on any atom is 0.241 e. The third-order valence-corrected chi connectivity index (χ3v) is 3.09.